The molecular weight excluding hydrogens is 343 g/mol. The summed E-state index contributed by atoms with van der Waals surface area (Å²) in [6, 6.07) is 13.0. The number of nitrogens with one attached hydrogen (secondary N) is 2. The maximum atomic E-state index is 12.9. The van der Waals surface area contributed by atoms with Crippen molar-refractivity contribution >= 4 is 29.0 Å². The fourth-order valence-corrected chi connectivity index (χ4v) is 2.30. The van der Waals surface area contributed by atoms with Gasteiger partial charge in [0.25, 0.3) is 5.91 Å². The highest BCUT2D eigenvalue weighted by molar-refractivity contribution is 6.31. The standard InChI is InChI=1S/C18H14ClFN4O/c19-15-4-2-1-3-12(15)9-22-17-11-21-16(10-23-17)18(25)24-14-7-5-13(20)6-8-14/h1-8,10-11H,9H2,(H,22,23)(H,24,25). The highest BCUT2D eigenvalue weighted by atomic mass is 35.5. The van der Waals surface area contributed by atoms with Gasteiger partial charge in [-0.2, -0.15) is 0 Å². The van der Waals surface area contributed by atoms with Crippen LogP contribution >= 0.6 is 11.6 Å². The normalized spacial score (nSPS) is 10.3. The number of nitrogens with zero attached hydrogens (tertiary/aromatic N) is 2. The summed E-state index contributed by atoms with van der Waals surface area (Å²) in [5, 5.41) is 6.38. The predicted molar refractivity (Wildman–Crippen MR) is 95.2 cm³/mol. The maximum Gasteiger partial charge on any atom is 0.275 e. The first-order valence-electron chi connectivity index (χ1n) is 7.48. The minimum Gasteiger partial charge on any atom is -0.365 e. The molecule has 0 saturated heterocycles. The van der Waals surface area contributed by atoms with Gasteiger partial charge in [0.05, 0.1) is 12.4 Å². The fourth-order valence-electron chi connectivity index (χ4n) is 2.09. The lowest BCUT2D eigenvalue weighted by molar-refractivity contribution is 0.102. The second-order valence-electron chi connectivity index (χ2n) is 5.19. The van der Waals surface area contributed by atoms with Gasteiger partial charge in [-0.1, -0.05) is 29.8 Å². The van der Waals surface area contributed by atoms with E-state index in [2.05, 4.69) is 20.6 Å². The highest BCUT2D eigenvalue weighted by Crippen LogP contribution is 2.16. The van der Waals surface area contributed by atoms with Crippen molar-refractivity contribution in [2.45, 2.75) is 6.54 Å². The molecule has 0 saturated carbocycles. The molecule has 0 radical (unpaired) electrons. The molecule has 3 rings (SSSR count). The first-order valence-corrected chi connectivity index (χ1v) is 7.86. The number of aromatic nitrogens is 2. The van der Waals surface area contributed by atoms with Crippen LogP contribution in [0.2, 0.25) is 5.02 Å². The lowest BCUT2D eigenvalue weighted by Gasteiger charge is -2.08. The average molecular weight is 357 g/mol. The van der Waals surface area contributed by atoms with Gasteiger partial charge in [-0.05, 0) is 35.9 Å². The number of benzene rings is 2. The summed E-state index contributed by atoms with van der Waals surface area (Å²) in [4.78, 5) is 20.3. The molecule has 0 aliphatic carbocycles. The number of amides is 1. The maximum absolute atomic E-state index is 12.9. The molecule has 5 nitrogen and oxygen atoms in total. The number of anilines is 2. The van der Waals surface area contributed by atoms with Crippen molar-refractivity contribution in [2.75, 3.05) is 10.6 Å². The van der Waals surface area contributed by atoms with Gasteiger partial charge in [-0.25, -0.2) is 14.4 Å². The van der Waals surface area contributed by atoms with Crippen LogP contribution in [0.15, 0.2) is 60.9 Å². The molecule has 25 heavy (non-hydrogen) atoms. The first-order chi connectivity index (χ1) is 12.1. The van der Waals surface area contributed by atoms with Gasteiger partial charge in [0.2, 0.25) is 0 Å². The van der Waals surface area contributed by atoms with Gasteiger partial charge < -0.3 is 10.6 Å². The summed E-state index contributed by atoms with van der Waals surface area (Å²) in [6.45, 7) is 0.496. The van der Waals surface area contributed by atoms with E-state index in [1.54, 1.807) is 0 Å². The Labute approximate surface area is 148 Å². The Morgan fingerprint density at radius 3 is 2.48 bits per heavy atom. The Kier molecular flexibility index (Phi) is 5.20. The molecule has 0 aliphatic rings. The van der Waals surface area contributed by atoms with Gasteiger partial charge in [-0.15, -0.1) is 0 Å². The number of rotatable bonds is 5. The van der Waals surface area contributed by atoms with E-state index in [-0.39, 0.29) is 11.5 Å². The Morgan fingerprint density at radius 1 is 1.04 bits per heavy atom. The Balaban J connectivity index is 1.60. The molecule has 2 N–H and O–H groups in total. The molecule has 126 valence electrons. The van der Waals surface area contributed by atoms with Crippen LogP contribution in [-0.4, -0.2) is 15.9 Å². The van der Waals surface area contributed by atoms with Crippen LogP contribution in [0.1, 0.15) is 16.1 Å². The number of halogens is 2. The van der Waals surface area contributed by atoms with E-state index in [9.17, 15) is 9.18 Å². The minimum atomic E-state index is -0.420. The molecule has 0 unspecified atom stereocenters. The van der Waals surface area contributed by atoms with E-state index in [0.717, 1.165) is 5.56 Å². The van der Waals surface area contributed by atoms with Crippen molar-refractivity contribution < 1.29 is 9.18 Å². The summed E-state index contributed by atoms with van der Waals surface area (Å²) in [5.41, 5.74) is 1.57. The summed E-state index contributed by atoms with van der Waals surface area (Å²) < 4.78 is 12.9. The van der Waals surface area contributed by atoms with Gasteiger partial charge in [0, 0.05) is 17.3 Å². The van der Waals surface area contributed by atoms with Crippen LogP contribution in [0.4, 0.5) is 15.9 Å². The van der Waals surface area contributed by atoms with Crippen molar-refractivity contribution in [3.8, 4) is 0 Å². The van der Waals surface area contributed by atoms with Crippen molar-refractivity contribution in [3.63, 3.8) is 0 Å². The molecule has 1 aromatic heterocycles. The van der Waals surface area contributed by atoms with Crippen LogP contribution < -0.4 is 10.6 Å². The van der Waals surface area contributed by atoms with Crippen LogP contribution in [-0.2, 0) is 6.54 Å². The smallest absolute Gasteiger partial charge is 0.275 e. The third kappa shape index (κ3) is 4.51. The topological polar surface area (TPSA) is 66.9 Å². The lowest BCUT2D eigenvalue weighted by atomic mass is 10.2. The zero-order valence-electron chi connectivity index (χ0n) is 13.0. The van der Waals surface area contributed by atoms with Crippen LogP contribution in [0.3, 0.4) is 0 Å². The van der Waals surface area contributed by atoms with Crippen molar-refractivity contribution in [3.05, 3.63) is 83.0 Å². The molecule has 1 amide bonds. The molecule has 0 aliphatic heterocycles. The van der Waals surface area contributed by atoms with Crippen molar-refractivity contribution in [1.29, 1.82) is 0 Å². The minimum absolute atomic E-state index is 0.160. The zero-order chi connectivity index (χ0) is 17.6. The molecule has 1 heterocycles. The molecule has 0 fully saturated rings. The summed E-state index contributed by atoms with van der Waals surface area (Å²) in [7, 11) is 0. The van der Waals surface area contributed by atoms with Crippen molar-refractivity contribution in [2.24, 2.45) is 0 Å². The van der Waals surface area contributed by atoms with E-state index in [0.29, 0.717) is 23.1 Å². The Morgan fingerprint density at radius 2 is 1.80 bits per heavy atom. The van der Waals surface area contributed by atoms with Gasteiger partial charge in [0.15, 0.2) is 0 Å². The second-order valence-corrected chi connectivity index (χ2v) is 5.60. The summed E-state index contributed by atoms with van der Waals surface area (Å²) >= 11 is 6.09. The van der Waals surface area contributed by atoms with Crippen molar-refractivity contribution in [1.82, 2.24) is 9.97 Å². The molecule has 0 bridgehead atoms. The SMILES string of the molecule is O=C(Nc1ccc(F)cc1)c1cnc(NCc2ccccc2Cl)cn1. The Hall–Kier alpha value is -2.99. The number of carbonyl (C=O) groups excluding carboxylic acids is 1. The summed E-state index contributed by atoms with van der Waals surface area (Å²) in [5.74, 6) is -0.262. The fraction of sp³-hybridized carbons (Fsp3) is 0.0556. The van der Waals surface area contributed by atoms with E-state index < -0.39 is 5.91 Å². The first kappa shape index (κ1) is 16.9. The van der Waals surface area contributed by atoms with Gasteiger partial charge in [-0.3, -0.25) is 4.79 Å². The number of hydrogen-bond donors (Lipinski definition) is 2. The van der Waals surface area contributed by atoms with E-state index >= 15 is 0 Å². The number of carbonyl (C=O) groups is 1. The predicted octanol–water partition coefficient (Wildman–Crippen LogP) is 4.13. The number of hydrogen-bond acceptors (Lipinski definition) is 4. The largest absolute Gasteiger partial charge is 0.365 e. The lowest BCUT2D eigenvalue weighted by Crippen LogP contribution is -2.14. The van der Waals surface area contributed by atoms with Crippen LogP contribution in [0, 0.1) is 5.82 Å². The van der Waals surface area contributed by atoms with Gasteiger partial charge >= 0.3 is 0 Å². The monoisotopic (exact) mass is 356 g/mol. The van der Waals surface area contributed by atoms with E-state index in [4.69, 9.17) is 11.6 Å². The molecule has 7 heteroatoms. The molecular formula is C18H14ClFN4O. The van der Waals surface area contributed by atoms with Crippen LogP contribution in [0.5, 0.6) is 0 Å². The average Bonchev–Trinajstić information content (AvgIpc) is 2.63. The molecule has 2 aromatic carbocycles. The van der Waals surface area contributed by atoms with E-state index in [1.165, 1.54) is 36.7 Å². The molecule has 0 atom stereocenters. The molecule has 0 spiro atoms. The Bertz CT molecular complexity index is 869. The second kappa shape index (κ2) is 7.72. The third-order valence-electron chi connectivity index (χ3n) is 3.40. The quantitative estimate of drug-likeness (QED) is 0.721. The van der Waals surface area contributed by atoms with E-state index in [1.807, 2.05) is 24.3 Å². The van der Waals surface area contributed by atoms with Gasteiger partial charge in [0.1, 0.15) is 17.3 Å². The van der Waals surface area contributed by atoms with Crippen LogP contribution in [0.25, 0.3) is 0 Å². The third-order valence-corrected chi connectivity index (χ3v) is 3.77. The zero-order valence-corrected chi connectivity index (χ0v) is 13.8. The summed E-state index contributed by atoms with van der Waals surface area (Å²) in [6.07, 6.45) is 2.84. The highest BCUT2D eigenvalue weighted by Gasteiger charge is 2.09. The molecule has 3 aromatic rings.